The van der Waals surface area contributed by atoms with E-state index in [1.54, 1.807) is 6.20 Å². The van der Waals surface area contributed by atoms with E-state index < -0.39 is 0 Å². The molecule has 0 aliphatic heterocycles. The quantitative estimate of drug-likeness (QED) is 0.554. The number of halogens is 2. The van der Waals surface area contributed by atoms with Gasteiger partial charge in [0.25, 0.3) is 0 Å². The van der Waals surface area contributed by atoms with E-state index in [1.807, 2.05) is 10.7 Å². The Morgan fingerprint density at radius 2 is 2.10 bits per heavy atom. The zero-order chi connectivity index (χ0) is 14.7. The molecule has 0 fully saturated rings. The van der Waals surface area contributed by atoms with E-state index in [-0.39, 0.29) is 0 Å². The molecule has 2 aromatic rings. The lowest BCUT2D eigenvalue weighted by Crippen LogP contribution is -2.08. The highest BCUT2D eigenvalue weighted by Gasteiger charge is 2.15. The Balaban J connectivity index is 2.46. The van der Waals surface area contributed by atoms with Crippen molar-refractivity contribution in [1.82, 2.24) is 19.7 Å². The van der Waals surface area contributed by atoms with Crippen molar-refractivity contribution >= 4 is 34.2 Å². The zero-order valence-electron chi connectivity index (χ0n) is 11.9. The molecule has 108 valence electrons. The highest BCUT2D eigenvalue weighted by atomic mass is 127. The van der Waals surface area contributed by atoms with Crippen molar-refractivity contribution in [2.75, 3.05) is 0 Å². The van der Waals surface area contributed by atoms with Gasteiger partial charge in [0, 0.05) is 12.7 Å². The fraction of sp³-hybridized carbons (Fsp3) is 0.500. The molecule has 0 unspecified atom stereocenters. The van der Waals surface area contributed by atoms with Gasteiger partial charge >= 0.3 is 0 Å². The van der Waals surface area contributed by atoms with E-state index in [2.05, 4.69) is 53.4 Å². The lowest BCUT2D eigenvalue weighted by Gasteiger charge is -2.11. The van der Waals surface area contributed by atoms with E-state index >= 15 is 0 Å². The van der Waals surface area contributed by atoms with E-state index in [9.17, 15) is 0 Å². The minimum atomic E-state index is 0.524. The van der Waals surface area contributed by atoms with Crippen molar-refractivity contribution in [2.24, 2.45) is 5.92 Å². The fourth-order valence-corrected chi connectivity index (χ4v) is 2.66. The van der Waals surface area contributed by atoms with Gasteiger partial charge in [-0.15, -0.1) is 0 Å². The molecule has 0 radical (unpaired) electrons. The molecule has 0 saturated heterocycles. The lowest BCUT2D eigenvalue weighted by atomic mass is 10.1. The Morgan fingerprint density at radius 1 is 1.35 bits per heavy atom. The molecule has 0 spiro atoms. The topological polar surface area (TPSA) is 43.6 Å². The van der Waals surface area contributed by atoms with Gasteiger partial charge in [0.05, 0.1) is 9.26 Å². The number of rotatable bonds is 5. The second-order valence-electron chi connectivity index (χ2n) is 5.14. The van der Waals surface area contributed by atoms with Crippen LogP contribution in [0.5, 0.6) is 0 Å². The summed E-state index contributed by atoms with van der Waals surface area (Å²) in [4.78, 5) is 9.11. The molecule has 0 atom stereocenters. The first-order chi connectivity index (χ1) is 9.52. The van der Waals surface area contributed by atoms with Crippen molar-refractivity contribution in [2.45, 2.75) is 40.2 Å². The largest absolute Gasteiger partial charge is 0.262 e. The van der Waals surface area contributed by atoms with E-state index in [0.29, 0.717) is 16.9 Å². The minimum absolute atomic E-state index is 0.524. The molecule has 4 nitrogen and oxygen atoms in total. The molecule has 6 heteroatoms. The van der Waals surface area contributed by atoms with Crippen LogP contribution in [0.2, 0.25) is 5.15 Å². The Bertz CT molecular complexity index is 595. The van der Waals surface area contributed by atoms with Gasteiger partial charge in [0.15, 0.2) is 5.82 Å². The van der Waals surface area contributed by atoms with Crippen molar-refractivity contribution in [3.63, 3.8) is 0 Å². The molecule has 2 aromatic heterocycles. The maximum absolute atomic E-state index is 6.26. The number of aryl methyl sites for hydroxylation is 1. The molecular formula is C14H18ClIN4. The van der Waals surface area contributed by atoms with Crippen molar-refractivity contribution in [3.05, 3.63) is 26.7 Å². The summed E-state index contributed by atoms with van der Waals surface area (Å²) in [5.74, 6) is 1.19. The van der Waals surface area contributed by atoms with Crippen LogP contribution in [0.1, 0.15) is 32.9 Å². The van der Waals surface area contributed by atoms with Crippen LogP contribution in [0.4, 0.5) is 0 Å². The molecule has 0 amide bonds. The van der Waals surface area contributed by atoms with Crippen molar-refractivity contribution < 1.29 is 0 Å². The third-order valence-electron chi connectivity index (χ3n) is 2.86. The number of aromatic nitrogens is 4. The van der Waals surface area contributed by atoms with Gasteiger partial charge in [-0.2, -0.15) is 5.10 Å². The van der Waals surface area contributed by atoms with Crippen LogP contribution < -0.4 is 0 Å². The molecular weight excluding hydrogens is 387 g/mol. The monoisotopic (exact) mass is 404 g/mol. The predicted molar refractivity (Wildman–Crippen MR) is 89.8 cm³/mol. The fourth-order valence-electron chi connectivity index (χ4n) is 2.01. The predicted octanol–water partition coefficient (Wildman–Crippen LogP) is 4.21. The normalized spacial score (nSPS) is 11.3. The van der Waals surface area contributed by atoms with Crippen LogP contribution in [-0.4, -0.2) is 19.7 Å². The van der Waals surface area contributed by atoms with Crippen LogP contribution in [0.15, 0.2) is 12.3 Å². The molecule has 2 rings (SSSR count). The van der Waals surface area contributed by atoms with Gasteiger partial charge in [-0.3, -0.25) is 4.68 Å². The molecule has 0 aliphatic rings. The summed E-state index contributed by atoms with van der Waals surface area (Å²) >= 11 is 8.48. The maximum atomic E-state index is 6.26. The molecule has 20 heavy (non-hydrogen) atoms. The average Bonchev–Trinajstić information content (AvgIpc) is 2.83. The zero-order valence-corrected chi connectivity index (χ0v) is 14.8. The summed E-state index contributed by atoms with van der Waals surface area (Å²) < 4.78 is 2.88. The summed E-state index contributed by atoms with van der Waals surface area (Å²) in [6.45, 7) is 7.33. The van der Waals surface area contributed by atoms with E-state index in [1.165, 1.54) is 0 Å². The second kappa shape index (κ2) is 6.85. The Labute approximate surface area is 138 Å². The van der Waals surface area contributed by atoms with Crippen molar-refractivity contribution in [1.29, 1.82) is 0 Å². The third-order valence-corrected chi connectivity index (χ3v) is 4.59. The molecule has 0 bridgehead atoms. The highest BCUT2D eigenvalue weighted by Crippen LogP contribution is 2.25. The Hall–Kier alpha value is -0.690. The molecule has 0 aromatic carbocycles. The lowest BCUT2D eigenvalue weighted by molar-refractivity contribution is 0.604. The van der Waals surface area contributed by atoms with Gasteiger partial charge in [-0.05, 0) is 47.4 Å². The van der Waals surface area contributed by atoms with Crippen LogP contribution in [0.25, 0.3) is 11.5 Å². The van der Waals surface area contributed by atoms with Crippen LogP contribution >= 0.6 is 34.2 Å². The SMILES string of the molecule is CCCn1nccc1-c1nc(Cl)c(I)c(CC(C)C)n1. The van der Waals surface area contributed by atoms with Gasteiger partial charge in [0.1, 0.15) is 10.8 Å². The first-order valence-electron chi connectivity index (χ1n) is 6.77. The summed E-state index contributed by atoms with van der Waals surface area (Å²) in [7, 11) is 0. The first-order valence-corrected chi connectivity index (χ1v) is 8.22. The smallest absolute Gasteiger partial charge is 0.179 e. The minimum Gasteiger partial charge on any atom is -0.262 e. The molecule has 0 saturated carbocycles. The molecule has 0 N–H and O–H groups in total. The third kappa shape index (κ3) is 3.49. The molecule has 2 heterocycles. The van der Waals surface area contributed by atoms with Gasteiger partial charge in [-0.1, -0.05) is 32.4 Å². The van der Waals surface area contributed by atoms with E-state index in [4.69, 9.17) is 16.6 Å². The summed E-state index contributed by atoms with van der Waals surface area (Å²) in [5, 5.41) is 4.84. The highest BCUT2D eigenvalue weighted by molar-refractivity contribution is 14.1. The van der Waals surface area contributed by atoms with Crippen LogP contribution in [0, 0.1) is 9.49 Å². The Morgan fingerprint density at radius 3 is 2.75 bits per heavy atom. The van der Waals surface area contributed by atoms with Gasteiger partial charge in [0.2, 0.25) is 0 Å². The van der Waals surface area contributed by atoms with Crippen molar-refractivity contribution in [3.8, 4) is 11.5 Å². The number of hydrogen-bond acceptors (Lipinski definition) is 3. The standard InChI is InChI=1S/C14H18ClIN4/c1-4-7-20-11(5-6-17-20)14-18-10(8-9(2)3)12(16)13(15)19-14/h5-6,9H,4,7-8H2,1-3H3. The second-order valence-corrected chi connectivity index (χ2v) is 6.57. The summed E-state index contributed by atoms with van der Waals surface area (Å²) in [6, 6.07) is 1.94. The van der Waals surface area contributed by atoms with Crippen LogP contribution in [-0.2, 0) is 13.0 Å². The maximum Gasteiger partial charge on any atom is 0.179 e. The average molecular weight is 405 g/mol. The van der Waals surface area contributed by atoms with Gasteiger partial charge in [-0.25, -0.2) is 9.97 Å². The number of hydrogen-bond donors (Lipinski definition) is 0. The Kier molecular flexibility index (Phi) is 5.37. The van der Waals surface area contributed by atoms with Gasteiger partial charge < -0.3 is 0 Å². The van der Waals surface area contributed by atoms with E-state index in [0.717, 1.165) is 34.3 Å². The first kappa shape index (κ1) is 15.7. The molecule has 0 aliphatic carbocycles. The summed E-state index contributed by atoms with van der Waals surface area (Å²) in [6.07, 6.45) is 3.70. The summed E-state index contributed by atoms with van der Waals surface area (Å²) in [5.41, 5.74) is 1.94. The number of nitrogens with zero attached hydrogens (tertiary/aromatic N) is 4. The van der Waals surface area contributed by atoms with Crippen LogP contribution in [0.3, 0.4) is 0 Å².